The lowest BCUT2D eigenvalue weighted by Crippen LogP contribution is -2.38. The van der Waals surface area contributed by atoms with Crippen molar-refractivity contribution < 1.29 is 14.3 Å². The van der Waals surface area contributed by atoms with E-state index in [4.69, 9.17) is 20.3 Å². The number of carbonyl (C=O) groups excluding carboxylic acids is 1. The zero-order valence-corrected chi connectivity index (χ0v) is 18.8. The summed E-state index contributed by atoms with van der Waals surface area (Å²) in [7, 11) is 0. The lowest BCUT2D eigenvalue weighted by Gasteiger charge is -2.26. The minimum atomic E-state index is -0.230. The number of carbonyl (C=O) groups is 1. The maximum Gasteiger partial charge on any atom is 0.260 e. The summed E-state index contributed by atoms with van der Waals surface area (Å²) in [6.45, 7) is 2.73. The summed E-state index contributed by atoms with van der Waals surface area (Å²) in [5, 5.41) is 16.4. The zero-order chi connectivity index (χ0) is 23.9. The number of aryl methyl sites for hydroxylation is 1. The van der Waals surface area contributed by atoms with Crippen LogP contribution >= 0.6 is 0 Å². The number of nitrogens with zero attached hydrogens (tertiary/aromatic N) is 3. The largest absolute Gasteiger partial charge is 0.484 e. The van der Waals surface area contributed by atoms with Crippen LogP contribution in [0.2, 0.25) is 0 Å². The first-order valence-corrected chi connectivity index (χ1v) is 10.9. The highest BCUT2D eigenvalue weighted by Gasteiger charge is 2.21. The minimum Gasteiger partial charge on any atom is -0.484 e. The van der Waals surface area contributed by atoms with Crippen molar-refractivity contribution in [1.29, 1.82) is 10.8 Å². The van der Waals surface area contributed by atoms with Gasteiger partial charge in [-0.25, -0.2) is 4.98 Å². The third-order valence-electron chi connectivity index (χ3n) is 5.41. The lowest BCUT2D eigenvalue weighted by molar-refractivity contribution is -0.132. The number of hydrogen-bond donors (Lipinski definition) is 2. The van der Waals surface area contributed by atoms with Gasteiger partial charge in [0.1, 0.15) is 11.4 Å². The number of nitrogens with one attached hydrogen (secondary N) is 2. The van der Waals surface area contributed by atoms with Crippen LogP contribution in [-0.4, -0.2) is 52.3 Å². The first-order chi connectivity index (χ1) is 16.5. The van der Waals surface area contributed by atoms with Crippen LogP contribution in [0.5, 0.6) is 5.75 Å². The number of rotatable bonds is 6. The van der Waals surface area contributed by atoms with Gasteiger partial charge in [0.25, 0.3) is 5.91 Å². The second kappa shape index (κ2) is 10.5. The van der Waals surface area contributed by atoms with E-state index in [1.165, 1.54) is 0 Å². The van der Waals surface area contributed by atoms with Crippen molar-refractivity contribution in [1.82, 2.24) is 14.9 Å². The van der Waals surface area contributed by atoms with Crippen LogP contribution < -0.4 is 4.74 Å². The normalized spacial score (nSPS) is 13.1. The highest BCUT2D eigenvalue weighted by Crippen LogP contribution is 2.22. The number of amides is 1. The quantitative estimate of drug-likeness (QED) is 0.433. The molecule has 8 heteroatoms. The summed E-state index contributed by atoms with van der Waals surface area (Å²) >= 11 is 0. The van der Waals surface area contributed by atoms with Crippen molar-refractivity contribution in [3.05, 3.63) is 95.6 Å². The number of hydrogen-bond acceptors (Lipinski definition) is 7. The molecule has 2 aromatic carbocycles. The van der Waals surface area contributed by atoms with Crippen molar-refractivity contribution in [3.8, 4) is 5.75 Å². The van der Waals surface area contributed by atoms with Gasteiger partial charge >= 0.3 is 0 Å². The predicted octanol–water partition coefficient (Wildman–Crippen LogP) is 3.85. The number of benzene rings is 2. The molecule has 1 aliphatic heterocycles. The fourth-order valence-electron chi connectivity index (χ4n) is 3.50. The highest BCUT2D eigenvalue weighted by molar-refractivity contribution is 6.04. The molecule has 1 amide bonds. The Kier molecular flexibility index (Phi) is 7.07. The van der Waals surface area contributed by atoms with E-state index < -0.39 is 0 Å². The molecule has 0 atom stereocenters. The van der Waals surface area contributed by atoms with Crippen molar-refractivity contribution in [2.45, 2.75) is 13.3 Å². The van der Waals surface area contributed by atoms with E-state index in [1.807, 2.05) is 42.5 Å². The smallest absolute Gasteiger partial charge is 0.260 e. The van der Waals surface area contributed by atoms with Crippen LogP contribution in [0, 0.1) is 17.7 Å². The molecule has 34 heavy (non-hydrogen) atoms. The molecule has 0 saturated heterocycles. The van der Waals surface area contributed by atoms with Gasteiger partial charge in [-0.1, -0.05) is 42.5 Å². The molecule has 3 aromatic rings. The molecule has 0 unspecified atom stereocenters. The zero-order valence-electron chi connectivity index (χ0n) is 18.8. The van der Waals surface area contributed by atoms with E-state index >= 15 is 0 Å². The lowest BCUT2D eigenvalue weighted by atomic mass is 10.0. The molecular weight excluding hydrogens is 430 g/mol. The molecule has 172 valence electrons. The summed E-state index contributed by atoms with van der Waals surface area (Å²) in [6, 6.07) is 18.2. The molecule has 0 radical (unpaired) electrons. The molecule has 8 nitrogen and oxygen atoms in total. The van der Waals surface area contributed by atoms with Gasteiger partial charge < -0.3 is 14.4 Å². The second-order valence-corrected chi connectivity index (χ2v) is 7.74. The number of para-hydroxylation sites is 1. The van der Waals surface area contributed by atoms with E-state index in [2.05, 4.69) is 9.97 Å². The first-order valence-electron chi connectivity index (χ1n) is 10.9. The fraction of sp³-hybridized carbons (Fsp3) is 0.192. The summed E-state index contributed by atoms with van der Waals surface area (Å²) < 4.78 is 11.0. The second-order valence-electron chi connectivity index (χ2n) is 7.74. The van der Waals surface area contributed by atoms with Crippen LogP contribution in [-0.2, 0) is 9.53 Å². The Morgan fingerprint density at radius 2 is 1.74 bits per heavy atom. The highest BCUT2D eigenvalue weighted by atomic mass is 16.5. The molecule has 2 N–H and O–H groups in total. The third kappa shape index (κ3) is 5.53. The Morgan fingerprint density at radius 3 is 2.41 bits per heavy atom. The van der Waals surface area contributed by atoms with Crippen LogP contribution in [0.25, 0.3) is 5.57 Å². The van der Waals surface area contributed by atoms with Gasteiger partial charge in [0.05, 0.1) is 17.6 Å². The standard InChI is InChI=1S/C26H25N5O3/c1-18-24(26(28)34-25(27)20-8-4-2-5-9-20)30-22(16-29-18)19-12-14-31(15-13-19)23(32)17-33-21-10-6-3-7-11-21/h2-12,16,27-28H,13-15,17H2,1H3. The fourth-order valence-corrected chi connectivity index (χ4v) is 3.50. The van der Waals surface area contributed by atoms with Crippen LogP contribution in [0.15, 0.2) is 72.9 Å². The molecule has 2 heterocycles. The Labute approximate surface area is 197 Å². The van der Waals surface area contributed by atoms with E-state index in [0.717, 1.165) is 5.57 Å². The van der Waals surface area contributed by atoms with Crippen molar-refractivity contribution in [2.75, 3.05) is 19.7 Å². The Morgan fingerprint density at radius 1 is 1.03 bits per heavy atom. The van der Waals surface area contributed by atoms with Crippen LogP contribution in [0.4, 0.5) is 0 Å². The summed E-state index contributed by atoms with van der Waals surface area (Å²) in [6.07, 6.45) is 4.22. The molecule has 0 saturated carbocycles. The molecule has 1 aromatic heterocycles. The maximum atomic E-state index is 12.5. The number of ether oxygens (including phenoxy) is 2. The Bertz CT molecular complexity index is 1230. The number of aromatic nitrogens is 2. The summed E-state index contributed by atoms with van der Waals surface area (Å²) in [4.78, 5) is 23.2. The van der Waals surface area contributed by atoms with Crippen molar-refractivity contribution in [3.63, 3.8) is 0 Å². The Hall–Kier alpha value is -4.33. The molecule has 0 fully saturated rings. The average Bonchev–Trinajstić information content (AvgIpc) is 2.88. The van der Waals surface area contributed by atoms with Crippen molar-refractivity contribution >= 4 is 23.3 Å². The summed E-state index contributed by atoms with van der Waals surface area (Å²) in [5.74, 6) is 0.230. The van der Waals surface area contributed by atoms with E-state index in [0.29, 0.717) is 42.2 Å². The van der Waals surface area contributed by atoms with Gasteiger partial charge in [-0.3, -0.25) is 20.6 Å². The molecule has 1 aliphatic rings. The van der Waals surface area contributed by atoms with E-state index in [1.54, 1.807) is 42.3 Å². The molecule has 0 bridgehead atoms. The molecule has 0 spiro atoms. The topological polar surface area (TPSA) is 112 Å². The molecule has 4 rings (SSSR count). The van der Waals surface area contributed by atoms with Gasteiger partial charge in [0.2, 0.25) is 11.8 Å². The van der Waals surface area contributed by atoms with Gasteiger partial charge in [-0.15, -0.1) is 0 Å². The molecular formula is C26H25N5O3. The Balaban J connectivity index is 1.39. The van der Waals surface area contributed by atoms with E-state index in [9.17, 15) is 4.79 Å². The van der Waals surface area contributed by atoms with Crippen molar-refractivity contribution in [2.24, 2.45) is 0 Å². The average molecular weight is 456 g/mol. The van der Waals surface area contributed by atoms with Crippen LogP contribution in [0.3, 0.4) is 0 Å². The first kappa shape index (κ1) is 22.8. The monoisotopic (exact) mass is 455 g/mol. The van der Waals surface area contributed by atoms with E-state index in [-0.39, 0.29) is 30.0 Å². The van der Waals surface area contributed by atoms with Gasteiger partial charge in [-0.05, 0) is 43.2 Å². The SMILES string of the molecule is Cc1ncc(C2=CCN(C(=O)COc3ccccc3)CC2)nc1C(=N)OC(=N)c1ccccc1. The third-order valence-corrected chi connectivity index (χ3v) is 5.41. The summed E-state index contributed by atoms with van der Waals surface area (Å²) in [5.41, 5.74) is 2.99. The predicted molar refractivity (Wildman–Crippen MR) is 129 cm³/mol. The van der Waals surface area contributed by atoms with Crippen LogP contribution in [0.1, 0.15) is 29.1 Å². The van der Waals surface area contributed by atoms with Gasteiger partial charge in [0, 0.05) is 18.7 Å². The van der Waals surface area contributed by atoms with Gasteiger partial charge in [0.15, 0.2) is 6.61 Å². The van der Waals surface area contributed by atoms with Gasteiger partial charge in [-0.2, -0.15) is 0 Å². The minimum absolute atomic E-state index is 0.0104. The maximum absolute atomic E-state index is 12.5. The molecule has 0 aliphatic carbocycles.